The Morgan fingerprint density at radius 3 is 1.50 bits per heavy atom. The van der Waals surface area contributed by atoms with Crippen LogP contribution in [0.3, 0.4) is 0 Å². The van der Waals surface area contributed by atoms with Crippen LogP contribution < -0.4 is 4.90 Å². The van der Waals surface area contributed by atoms with Crippen molar-refractivity contribution in [3.63, 3.8) is 0 Å². The van der Waals surface area contributed by atoms with Crippen molar-refractivity contribution in [3.05, 3.63) is 65.7 Å². The van der Waals surface area contributed by atoms with Crippen molar-refractivity contribution in [2.75, 3.05) is 179 Å². The molecule has 10 atom stereocenters. The van der Waals surface area contributed by atoms with Crippen molar-refractivity contribution >= 4 is 5.69 Å². The molecule has 456 valence electrons. The largest absolute Gasteiger partial charge is 0.379 e. The Bertz CT molecular complexity index is 2130. The fraction of sp³-hybridized carbons (Fsp3) is 0.803. The summed E-state index contributed by atoms with van der Waals surface area (Å²) in [5.41, 5.74) is 3.57. The molecular weight excluding hydrogens is 1040 g/mol. The summed E-state index contributed by atoms with van der Waals surface area (Å²) in [7, 11) is 16.3. The number of anilines is 1. The lowest BCUT2D eigenvalue weighted by atomic mass is 9.95. The molecule has 8 heterocycles. The van der Waals surface area contributed by atoms with Crippen LogP contribution in [-0.4, -0.2) is 245 Å². The minimum atomic E-state index is -2.35. The molecule has 14 rings (SSSR count). The number of piperidine rings is 3. The zero-order chi connectivity index (χ0) is 58.2. The number of alkyl halides is 8. The van der Waals surface area contributed by atoms with Gasteiger partial charge in [-0.25, -0.2) is 35.1 Å². The van der Waals surface area contributed by atoms with E-state index in [2.05, 4.69) is 115 Å². The molecule has 0 radical (unpaired) electrons. The normalized spacial score (nSPS) is 35.2. The van der Waals surface area contributed by atoms with Crippen LogP contribution in [0.15, 0.2) is 54.6 Å². The van der Waals surface area contributed by atoms with Crippen molar-refractivity contribution in [1.82, 2.24) is 34.3 Å². The molecule has 11 nitrogen and oxygen atoms in total. The molecule has 2 aromatic carbocycles. The molecular formula is C61H98F8N8O3. The van der Waals surface area contributed by atoms with Gasteiger partial charge in [-0.15, -0.1) is 0 Å². The number of ether oxygens (including phenoxy) is 3. The van der Waals surface area contributed by atoms with Crippen LogP contribution in [0.4, 0.5) is 40.8 Å². The number of hydrogen-bond donors (Lipinski definition) is 0. The van der Waals surface area contributed by atoms with Gasteiger partial charge in [0, 0.05) is 141 Å². The van der Waals surface area contributed by atoms with Gasteiger partial charge in [0.05, 0.1) is 43.5 Å². The van der Waals surface area contributed by atoms with E-state index in [1.165, 1.54) is 29.8 Å². The Morgan fingerprint density at radius 1 is 0.500 bits per heavy atom. The van der Waals surface area contributed by atoms with Crippen LogP contribution in [0, 0.1) is 40.9 Å². The minimum absolute atomic E-state index is 0.127. The molecule has 19 heteroatoms. The fourth-order valence-electron chi connectivity index (χ4n) is 13.5. The number of nitrogens with zero attached hydrogens (tertiary/aromatic N) is 8. The van der Waals surface area contributed by atoms with Crippen LogP contribution in [0.1, 0.15) is 69.6 Å². The number of fused-ring (bicyclic) bond motifs is 4. The fourth-order valence-corrected chi connectivity index (χ4v) is 13.5. The molecule has 12 aliphatic rings. The van der Waals surface area contributed by atoms with Gasteiger partial charge in [0.25, 0.3) is 17.8 Å². The third kappa shape index (κ3) is 18.1. The third-order valence-electron chi connectivity index (χ3n) is 18.3. The molecule has 4 aliphatic carbocycles. The molecule has 0 N–H and O–H groups in total. The van der Waals surface area contributed by atoms with Crippen LogP contribution in [0.2, 0.25) is 0 Å². The minimum Gasteiger partial charge on any atom is -0.379 e. The second-order valence-electron chi connectivity index (χ2n) is 25.8. The zero-order valence-electron chi connectivity index (χ0n) is 49.9. The first-order valence-electron chi connectivity index (χ1n) is 29.7. The quantitative estimate of drug-likeness (QED) is 0.257. The number of morpholine rings is 3. The predicted molar refractivity (Wildman–Crippen MR) is 303 cm³/mol. The van der Waals surface area contributed by atoms with E-state index >= 15 is 0 Å². The van der Waals surface area contributed by atoms with Gasteiger partial charge in [-0.2, -0.15) is 0 Å². The van der Waals surface area contributed by atoms with E-state index in [4.69, 9.17) is 14.2 Å². The van der Waals surface area contributed by atoms with Crippen molar-refractivity contribution in [2.45, 2.75) is 101 Å². The van der Waals surface area contributed by atoms with E-state index in [1.807, 2.05) is 49.0 Å². The summed E-state index contributed by atoms with van der Waals surface area (Å²) in [5, 5.41) is 0. The maximum absolute atomic E-state index is 12.8. The highest BCUT2D eigenvalue weighted by Crippen LogP contribution is 2.64. The second-order valence-corrected chi connectivity index (χ2v) is 25.8. The Labute approximate surface area is 474 Å². The summed E-state index contributed by atoms with van der Waals surface area (Å²) in [5.74, 6) is -9.96. The van der Waals surface area contributed by atoms with E-state index in [1.54, 1.807) is 0 Å². The second kappa shape index (κ2) is 28.0. The lowest BCUT2D eigenvalue weighted by Crippen LogP contribution is -2.42. The highest BCUT2D eigenvalue weighted by Gasteiger charge is 2.72. The number of benzene rings is 2. The Morgan fingerprint density at radius 2 is 1.01 bits per heavy atom. The number of halogens is 8. The predicted octanol–water partition coefficient (Wildman–Crippen LogP) is 9.39. The van der Waals surface area contributed by atoms with Gasteiger partial charge in [0.15, 0.2) is 0 Å². The molecule has 2 aromatic rings. The molecule has 10 unspecified atom stereocenters. The van der Waals surface area contributed by atoms with E-state index < -0.39 is 29.1 Å². The summed E-state index contributed by atoms with van der Waals surface area (Å²) >= 11 is 0. The maximum atomic E-state index is 12.8. The summed E-state index contributed by atoms with van der Waals surface area (Å²) in [6.45, 7) is 20.4. The molecule has 0 amide bonds. The monoisotopic (exact) mass is 1140 g/mol. The SMILES string of the molecule is CC1CN(C)CC(C)O1.CN1CC2C(C1)C2(F)F.CN1CC2CC(F)(F)CC2C1.CN1CCC2C(C1)C2(F)F.CN1CCCC2(C1)CC2(F)F.CN1CCOC(c2ccccc2)C1.CN1CCOCC1.CN1CCc2ccccc21. The molecule has 1 spiro atoms. The van der Waals surface area contributed by atoms with Gasteiger partial charge in [-0.05, 0) is 131 Å². The number of likely N-dealkylation sites (tertiary alicyclic amines) is 4. The van der Waals surface area contributed by atoms with E-state index in [9.17, 15) is 35.1 Å². The van der Waals surface area contributed by atoms with Gasteiger partial charge in [0.2, 0.25) is 5.92 Å². The van der Waals surface area contributed by atoms with Crippen molar-refractivity contribution < 1.29 is 49.3 Å². The smallest absolute Gasteiger partial charge is 0.257 e. The lowest BCUT2D eigenvalue weighted by Gasteiger charge is -2.32. The van der Waals surface area contributed by atoms with Gasteiger partial charge in [0.1, 0.15) is 0 Å². The third-order valence-corrected chi connectivity index (χ3v) is 18.3. The summed E-state index contributed by atoms with van der Waals surface area (Å²) in [6.07, 6.45) is 5.04. The summed E-state index contributed by atoms with van der Waals surface area (Å²) in [6, 6.07) is 19.0. The zero-order valence-corrected chi connectivity index (χ0v) is 49.9. The Hall–Kier alpha value is -2.72. The van der Waals surface area contributed by atoms with Crippen molar-refractivity contribution in [3.8, 4) is 0 Å². The standard InChI is InChI=1S/C11H15NO.C9H11N.2C8H13F2N.C7H11F2N.C7H15NO.C6H9F2N.C5H11NO/c1-12-7-8-13-11(9-12)10-5-3-2-4-6-10;1-10-7-6-8-4-2-3-5-9(8)10;1-11-4-6-2-8(9,10)3-7(6)5-11;1-11-4-2-3-7(6-11)5-8(7,9)10;1-10-3-2-5-6(4-10)7(5,8)9;1-6-4-8(3)5-7(2)9-6;1-9-2-4-5(3-9)6(4,7)8;1-6-2-4-7-5-3-6/h2-6,11H,7-9H2,1H3;2-5H,6-7H2,1H3;6-7H,2-5H2,1H3;2-6H2,1H3;5-6H,2-4H2,1H3;6-7H,4-5H2,1-3H3;4-5H,2-3H2,1H3;2-5H2,1H3. The van der Waals surface area contributed by atoms with Gasteiger partial charge >= 0.3 is 0 Å². The van der Waals surface area contributed by atoms with Crippen molar-refractivity contribution in [1.29, 1.82) is 0 Å². The van der Waals surface area contributed by atoms with Crippen LogP contribution in [0.25, 0.3) is 0 Å². The maximum Gasteiger partial charge on any atom is 0.257 e. The van der Waals surface area contributed by atoms with Gasteiger partial charge in [-0.1, -0.05) is 48.5 Å². The van der Waals surface area contributed by atoms with Crippen LogP contribution in [-0.2, 0) is 20.6 Å². The molecule has 0 bridgehead atoms. The molecule has 7 saturated heterocycles. The van der Waals surface area contributed by atoms with E-state index in [-0.39, 0.29) is 60.9 Å². The first kappa shape index (κ1) is 64.8. The number of para-hydroxylation sites is 1. The Balaban J connectivity index is 0.000000133. The average molecular weight is 1140 g/mol. The molecule has 11 fully saturated rings. The first-order chi connectivity index (χ1) is 37.7. The number of hydrogen-bond acceptors (Lipinski definition) is 11. The average Bonchev–Trinajstić information content (AvgIpc) is 4.08. The van der Waals surface area contributed by atoms with E-state index in [0.29, 0.717) is 44.8 Å². The lowest BCUT2D eigenvalue weighted by molar-refractivity contribution is -0.0602. The number of rotatable bonds is 1. The van der Waals surface area contributed by atoms with Gasteiger partial charge < -0.3 is 53.4 Å². The highest BCUT2D eigenvalue weighted by molar-refractivity contribution is 5.56. The van der Waals surface area contributed by atoms with Crippen LogP contribution in [0.5, 0.6) is 0 Å². The summed E-state index contributed by atoms with van der Waals surface area (Å²) in [4.78, 5) is 17.3. The highest BCUT2D eigenvalue weighted by atomic mass is 19.3. The summed E-state index contributed by atoms with van der Waals surface area (Å²) < 4.78 is 118. The van der Waals surface area contributed by atoms with E-state index in [0.717, 1.165) is 98.1 Å². The van der Waals surface area contributed by atoms with Crippen molar-refractivity contribution in [2.24, 2.45) is 40.9 Å². The Kier molecular flexibility index (Phi) is 22.7. The molecule has 4 saturated carbocycles. The molecule has 0 aromatic heterocycles. The molecule has 8 aliphatic heterocycles. The van der Waals surface area contributed by atoms with Crippen LogP contribution >= 0.6 is 0 Å². The molecule has 80 heavy (non-hydrogen) atoms. The number of likely N-dealkylation sites (N-methyl/N-ethyl adjacent to an activating group) is 4. The first-order valence-corrected chi connectivity index (χ1v) is 29.7. The van der Waals surface area contributed by atoms with Gasteiger partial charge in [-0.3, -0.25) is 0 Å². The topological polar surface area (TPSA) is 53.6 Å².